The lowest BCUT2D eigenvalue weighted by atomic mass is 10.1. The van der Waals surface area contributed by atoms with E-state index in [9.17, 15) is 0 Å². The number of hydrogen-bond acceptors (Lipinski definition) is 4. The molecule has 0 amide bonds. The van der Waals surface area contributed by atoms with E-state index in [4.69, 9.17) is 4.74 Å². The van der Waals surface area contributed by atoms with Crippen LogP contribution >= 0.6 is 0 Å². The summed E-state index contributed by atoms with van der Waals surface area (Å²) in [6, 6.07) is 8.88. The number of piperidine rings is 1. The van der Waals surface area contributed by atoms with Crippen LogP contribution in [0.25, 0.3) is 0 Å². The Balaban J connectivity index is 1.79. The first-order valence-electron chi connectivity index (χ1n) is 7.46. The number of likely N-dealkylation sites (tertiary alicyclic amines) is 1. The number of benzene rings is 1. The Morgan fingerprint density at radius 1 is 1.30 bits per heavy atom. The van der Waals surface area contributed by atoms with Gasteiger partial charge in [0.1, 0.15) is 12.4 Å². The van der Waals surface area contributed by atoms with Crippen molar-refractivity contribution in [2.24, 2.45) is 0 Å². The van der Waals surface area contributed by atoms with Crippen molar-refractivity contribution in [3.8, 4) is 5.75 Å². The van der Waals surface area contributed by atoms with Crippen LogP contribution in [0.1, 0.15) is 12.8 Å². The largest absolute Gasteiger partial charge is 0.492 e. The Kier molecular flexibility index (Phi) is 5.68. The molecule has 1 N–H and O–H groups in total. The number of ether oxygens (including phenoxy) is 1. The molecule has 1 unspecified atom stereocenters. The third kappa shape index (κ3) is 5.02. The first-order chi connectivity index (χ1) is 9.63. The summed E-state index contributed by atoms with van der Waals surface area (Å²) in [6.07, 6.45) is 2.53. The van der Waals surface area contributed by atoms with Gasteiger partial charge in [-0.15, -0.1) is 0 Å². The summed E-state index contributed by atoms with van der Waals surface area (Å²) in [4.78, 5) is 4.51. The van der Waals surface area contributed by atoms with Gasteiger partial charge in [-0.1, -0.05) is 0 Å². The third-order valence-electron chi connectivity index (χ3n) is 3.66. The van der Waals surface area contributed by atoms with Gasteiger partial charge in [-0.2, -0.15) is 0 Å². The highest BCUT2D eigenvalue weighted by Crippen LogP contribution is 2.19. The minimum atomic E-state index is 0.564. The van der Waals surface area contributed by atoms with Crippen LogP contribution in [-0.2, 0) is 0 Å². The second-order valence-corrected chi connectivity index (χ2v) is 5.92. The fraction of sp³-hybridized carbons (Fsp3) is 0.625. The summed E-state index contributed by atoms with van der Waals surface area (Å²) in [5, 5.41) is 3.61. The average molecular weight is 277 g/mol. The molecule has 4 nitrogen and oxygen atoms in total. The molecule has 1 fully saturated rings. The third-order valence-corrected chi connectivity index (χ3v) is 3.66. The molecule has 0 saturated carbocycles. The van der Waals surface area contributed by atoms with Crippen molar-refractivity contribution in [1.82, 2.24) is 9.80 Å². The highest BCUT2D eigenvalue weighted by atomic mass is 16.5. The summed E-state index contributed by atoms with van der Waals surface area (Å²) in [5.41, 5.74) is 1.19. The normalized spacial score (nSPS) is 20.1. The van der Waals surface area contributed by atoms with E-state index in [0.29, 0.717) is 6.04 Å². The van der Waals surface area contributed by atoms with Gasteiger partial charge in [0.05, 0.1) is 0 Å². The Labute approximate surface area is 122 Å². The van der Waals surface area contributed by atoms with Crippen LogP contribution in [0.5, 0.6) is 5.75 Å². The quantitative estimate of drug-likeness (QED) is 0.862. The standard InChI is InChI=1S/C16H27N3O/c1-18(2)11-12-20-16-8-6-14(7-9-16)17-15-5-4-10-19(3)13-15/h6-9,15,17H,4-5,10-13H2,1-3H3. The molecule has 2 rings (SSSR count). The predicted molar refractivity (Wildman–Crippen MR) is 84.6 cm³/mol. The molecule has 0 bridgehead atoms. The number of anilines is 1. The van der Waals surface area contributed by atoms with Gasteiger partial charge < -0.3 is 19.9 Å². The highest BCUT2D eigenvalue weighted by molar-refractivity contribution is 5.47. The maximum absolute atomic E-state index is 5.70. The van der Waals surface area contributed by atoms with E-state index in [1.165, 1.54) is 25.1 Å². The first kappa shape index (κ1) is 15.1. The Hall–Kier alpha value is -1.26. The molecule has 1 aromatic rings. The molecule has 1 atom stereocenters. The SMILES string of the molecule is CN(C)CCOc1ccc(NC2CCCN(C)C2)cc1. The van der Waals surface area contributed by atoms with Crippen molar-refractivity contribution in [2.75, 3.05) is 52.7 Å². The predicted octanol–water partition coefficient (Wildman–Crippen LogP) is 2.13. The number of nitrogens with zero attached hydrogens (tertiary/aromatic N) is 2. The molecule has 1 aliphatic rings. The lowest BCUT2D eigenvalue weighted by molar-refractivity contribution is 0.260. The van der Waals surface area contributed by atoms with E-state index < -0.39 is 0 Å². The van der Waals surface area contributed by atoms with Crippen LogP contribution in [0.15, 0.2) is 24.3 Å². The number of nitrogens with one attached hydrogen (secondary N) is 1. The van der Waals surface area contributed by atoms with Gasteiger partial charge in [0.2, 0.25) is 0 Å². The van der Waals surface area contributed by atoms with Crippen LogP contribution in [-0.4, -0.2) is 63.2 Å². The van der Waals surface area contributed by atoms with Crippen molar-refractivity contribution in [3.63, 3.8) is 0 Å². The molecule has 1 heterocycles. The van der Waals surface area contributed by atoms with E-state index in [-0.39, 0.29) is 0 Å². The van der Waals surface area contributed by atoms with Gasteiger partial charge in [-0.3, -0.25) is 0 Å². The van der Waals surface area contributed by atoms with Crippen LogP contribution in [0.3, 0.4) is 0 Å². The Morgan fingerprint density at radius 3 is 2.70 bits per heavy atom. The molecule has 1 saturated heterocycles. The van der Waals surface area contributed by atoms with Gasteiger partial charge in [0, 0.05) is 24.8 Å². The van der Waals surface area contributed by atoms with Crippen LogP contribution in [0.2, 0.25) is 0 Å². The zero-order chi connectivity index (χ0) is 14.4. The van der Waals surface area contributed by atoms with Crippen LogP contribution in [0, 0.1) is 0 Å². The minimum absolute atomic E-state index is 0.564. The van der Waals surface area contributed by atoms with Crippen molar-refractivity contribution in [1.29, 1.82) is 0 Å². The molecule has 1 aromatic carbocycles. The van der Waals surface area contributed by atoms with E-state index in [0.717, 1.165) is 25.4 Å². The van der Waals surface area contributed by atoms with Crippen molar-refractivity contribution in [2.45, 2.75) is 18.9 Å². The summed E-state index contributed by atoms with van der Waals surface area (Å²) in [5.74, 6) is 0.943. The van der Waals surface area contributed by atoms with E-state index in [2.05, 4.69) is 48.4 Å². The molecule has 1 aliphatic heterocycles. The fourth-order valence-electron chi connectivity index (χ4n) is 2.51. The highest BCUT2D eigenvalue weighted by Gasteiger charge is 2.16. The maximum Gasteiger partial charge on any atom is 0.119 e. The number of likely N-dealkylation sites (N-methyl/N-ethyl adjacent to an activating group) is 2. The van der Waals surface area contributed by atoms with Gasteiger partial charge >= 0.3 is 0 Å². The van der Waals surface area contributed by atoms with Crippen molar-refractivity contribution >= 4 is 5.69 Å². The second kappa shape index (κ2) is 7.50. The van der Waals surface area contributed by atoms with Crippen LogP contribution < -0.4 is 10.1 Å². The summed E-state index contributed by atoms with van der Waals surface area (Å²) < 4.78 is 5.70. The Bertz CT molecular complexity index is 391. The fourth-order valence-corrected chi connectivity index (χ4v) is 2.51. The molecule has 4 heteroatoms. The van der Waals surface area contributed by atoms with Crippen LogP contribution in [0.4, 0.5) is 5.69 Å². The Morgan fingerprint density at radius 2 is 2.05 bits per heavy atom. The van der Waals surface area contributed by atoms with Gasteiger partial charge in [-0.25, -0.2) is 0 Å². The molecule has 0 aromatic heterocycles. The monoisotopic (exact) mass is 277 g/mol. The molecular weight excluding hydrogens is 250 g/mol. The van der Waals surface area contributed by atoms with E-state index in [1.807, 2.05) is 12.1 Å². The summed E-state index contributed by atoms with van der Waals surface area (Å²) >= 11 is 0. The number of rotatable bonds is 6. The van der Waals surface area contributed by atoms with Gasteiger partial charge in [0.25, 0.3) is 0 Å². The van der Waals surface area contributed by atoms with E-state index >= 15 is 0 Å². The van der Waals surface area contributed by atoms with Crippen molar-refractivity contribution in [3.05, 3.63) is 24.3 Å². The first-order valence-corrected chi connectivity index (χ1v) is 7.46. The maximum atomic E-state index is 5.70. The second-order valence-electron chi connectivity index (χ2n) is 5.92. The van der Waals surface area contributed by atoms with Gasteiger partial charge in [-0.05, 0) is 64.8 Å². The lowest BCUT2D eigenvalue weighted by Crippen LogP contribution is -2.39. The molecule has 0 aliphatic carbocycles. The van der Waals surface area contributed by atoms with Gasteiger partial charge in [0.15, 0.2) is 0 Å². The molecule has 20 heavy (non-hydrogen) atoms. The molecular formula is C16H27N3O. The smallest absolute Gasteiger partial charge is 0.119 e. The lowest BCUT2D eigenvalue weighted by Gasteiger charge is -2.30. The molecule has 0 radical (unpaired) electrons. The topological polar surface area (TPSA) is 27.7 Å². The van der Waals surface area contributed by atoms with E-state index in [1.54, 1.807) is 0 Å². The summed E-state index contributed by atoms with van der Waals surface area (Å²) in [7, 11) is 6.30. The minimum Gasteiger partial charge on any atom is -0.492 e. The van der Waals surface area contributed by atoms with Crippen molar-refractivity contribution < 1.29 is 4.74 Å². The number of hydrogen-bond donors (Lipinski definition) is 1. The average Bonchev–Trinajstić information content (AvgIpc) is 2.40. The zero-order valence-corrected chi connectivity index (χ0v) is 12.9. The molecule has 0 spiro atoms. The molecule has 112 valence electrons. The summed E-state index contributed by atoms with van der Waals surface area (Å²) in [6.45, 7) is 4.01. The zero-order valence-electron chi connectivity index (χ0n) is 12.9.